The van der Waals surface area contributed by atoms with E-state index < -0.39 is 0 Å². The first-order chi connectivity index (χ1) is 21.6. The quantitative estimate of drug-likeness (QED) is 0.0874. The van der Waals surface area contributed by atoms with Crippen molar-refractivity contribution in [1.29, 1.82) is 0 Å². The molecule has 0 saturated carbocycles. The second-order valence-corrected chi connectivity index (χ2v) is 13.0. The molecule has 1 fully saturated rings. The van der Waals surface area contributed by atoms with Crippen LogP contribution in [0.5, 0.6) is 0 Å². The number of benzene rings is 1. The molecule has 1 aromatic rings. The highest BCUT2D eigenvalue weighted by Gasteiger charge is 2.26. The molecule has 1 heterocycles. The third-order valence-corrected chi connectivity index (χ3v) is 8.54. The lowest BCUT2D eigenvalue weighted by atomic mass is 10.0. The molecule has 0 aliphatic carbocycles. The molecule has 0 amide bonds. The molecule has 46 heavy (non-hydrogen) atoms. The van der Waals surface area contributed by atoms with E-state index >= 15 is 0 Å². The van der Waals surface area contributed by atoms with Gasteiger partial charge in [0.25, 0.3) is 0 Å². The standard InChI is InChI=1S/C39H61N7/c1-14-37-16-15-21-46(37)35(13)32(10)42-27(5)24-41-33(11)39(23-36-19-17-26(4)18-20-36)45-31(9)30(8)43-34(12)38(22-25(2)3)44-29(7)28(6)40/h14,17-20,28,30,32,37-39,41-45H,1-2,5,7,9,11-13,15-16,21-24,40H2,3-4,6,8,10H3/t28-,30-,32?,37?,38?,39?/m0/s1. The molecular weight excluding hydrogens is 566 g/mol. The van der Waals surface area contributed by atoms with Gasteiger partial charge in [-0.1, -0.05) is 81.0 Å². The van der Waals surface area contributed by atoms with Gasteiger partial charge in [-0.3, -0.25) is 0 Å². The number of nitrogens with zero attached hydrogens (tertiary/aromatic N) is 1. The summed E-state index contributed by atoms with van der Waals surface area (Å²) in [7, 11) is 0. The first kappa shape index (κ1) is 38.1. The van der Waals surface area contributed by atoms with Crippen molar-refractivity contribution in [3.8, 4) is 0 Å². The minimum absolute atomic E-state index is 0.0535. The number of hydrogen-bond donors (Lipinski definition) is 6. The van der Waals surface area contributed by atoms with Crippen LogP contribution in [0.25, 0.3) is 0 Å². The fourth-order valence-corrected chi connectivity index (χ4v) is 5.43. The zero-order valence-corrected chi connectivity index (χ0v) is 29.3. The number of hydrogen-bond acceptors (Lipinski definition) is 7. The fraction of sp³-hybridized carbons (Fsp3) is 0.436. The number of nitrogens with one attached hydrogen (secondary N) is 5. The number of nitrogens with two attached hydrogens (primary N) is 1. The summed E-state index contributed by atoms with van der Waals surface area (Å²) < 4.78 is 0. The second kappa shape index (κ2) is 18.1. The van der Waals surface area contributed by atoms with Crippen LogP contribution in [0.1, 0.15) is 58.1 Å². The molecule has 0 bridgehead atoms. The SMILES string of the molecule is C=CC1CCCN1C(=C)C(C)NC(=C)CNC(=C)C(Cc1ccc(C)cc1)NC(=C)[C@H](C)NC(=C)C(CC(=C)C)NC(=C)[C@H](C)N. The van der Waals surface area contributed by atoms with Crippen molar-refractivity contribution >= 4 is 0 Å². The Kier molecular flexibility index (Phi) is 15.0. The molecule has 1 aliphatic heterocycles. The topological polar surface area (TPSA) is 89.4 Å². The van der Waals surface area contributed by atoms with Gasteiger partial charge in [-0.25, -0.2) is 0 Å². The van der Waals surface area contributed by atoms with Crippen LogP contribution >= 0.6 is 0 Å². The van der Waals surface area contributed by atoms with E-state index in [2.05, 4.69) is 129 Å². The molecule has 0 aromatic heterocycles. The van der Waals surface area contributed by atoms with Crippen LogP contribution in [0.2, 0.25) is 0 Å². The third-order valence-electron chi connectivity index (χ3n) is 8.54. The highest BCUT2D eigenvalue weighted by Crippen LogP contribution is 2.24. The summed E-state index contributed by atoms with van der Waals surface area (Å²) in [6.07, 6.45) is 5.73. The lowest BCUT2D eigenvalue weighted by molar-refractivity contribution is 0.336. The molecule has 7 N–H and O–H groups in total. The molecule has 7 heteroatoms. The van der Waals surface area contributed by atoms with Gasteiger partial charge in [0.05, 0.1) is 30.7 Å². The summed E-state index contributed by atoms with van der Waals surface area (Å²) in [5.41, 5.74) is 14.7. The Morgan fingerprint density at radius 3 is 2.09 bits per heavy atom. The number of rotatable bonds is 22. The number of aryl methyl sites for hydroxylation is 1. The first-order valence-corrected chi connectivity index (χ1v) is 16.4. The zero-order valence-electron chi connectivity index (χ0n) is 29.3. The Hall–Kier alpha value is -4.10. The van der Waals surface area contributed by atoms with E-state index in [1.807, 2.05) is 19.9 Å². The van der Waals surface area contributed by atoms with Crippen LogP contribution in [0.15, 0.2) is 123 Å². The predicted octanol–water partition coefficient (Wildman–Crippen LogP) is 6.05. The van der Waals surface area contributed by atoms with Gasteiger partial charge in [-0.15, -0.1) is 13.2 Å². The Morgan fingerprint density at radius 1 is 0.870 bits per heavy atom. The van der Waals surface area contributed by atoms with Gasteiger partial charge in [0.2, 0.25) is 0 Å². The normalized spacial score (nSPS) is 17.3. The van der Waals surface area contributed by atoms with Crippen LogP contribution in [-0.4, -0.2) is 54.2 Å². The largest absolute Gasteiger partial charge is 0.382 e. The Morgan fingerprint density at radius 2 is 1.50 bits per heavy atom. The van der Waals surface area contributed by atoms with E-state index in [0.717, 1.165) is 65.6 Å². The summed E-state index contributed by atoms with van der Waals surface area (Å²) in [5.74, 6) is 0. The molecule has 2 rings (SSSR count). The van der Waals surface area contributed by atoms with Gasteiger partial charge in [0, 0.05) is 52.8 Å². The van der Waals surface area contributed by atoms with E-state index in [-0.39, 0.29) is 30.2 Å². The maximum atomic E-state index is 6.04. The highest BCUT2D eigenvalue weighted by atomic mass is 15.2. The first-order valence-electron chi connectivity index (χ1n) is 16.4. The third kappa shape index (κ3) is 12.0. The molecular formula is C39H61N7. The van der Waals surface area contributed by atoms with Crippen molar-refractivity contribution < 1.29 is 0 Å². The zero-order chi connectivity index (χ0) is 34.6. The Bertz CT molecular complexity index is 1270. The average Bonchev–Trinajstić information content (AvgIpc) is 3.48. The molecule has 1 saturated heterocycles. The van der Waals surface area contributed by atoms with Crippen molar-refractivity contribution in [2.75, 3.05) is 13.1 Å². The smallest absolute Gasteiger partial charge is 0.0691 e. The highest BCUT2D eigenvalue weighted by molar-refractivity contribution is 5.26. The van der Waals surface area contributed by atoms with Crippen molar-refractivity contribution in [2.45, 2.75) is 96.6 Å². The van der Waals surface area contributed by atoms with E-state index in [9.17, 15) is 0 Å². The van der Waals surface area contributed by atoms with Crippen LogP contribution in [0.3, 0.4) is 0 Å². The molecule has 1 aliphatic rings. The Labute approximate surface area is 280 Å². The maximum Gasteiger partial charge on any atom is 0.0691 e. The van der Waals surface area contributed by atoms with Crippen molar-refractivity contribution in [3.63, 3.8) is 0 Å². The summed E-state index contributed by atoms with van der Waals surface area (Å²) >= 11 is 0. The van der Waals surface area contributed by atoms with E-state index in [4.69, 9.17) is 5.73 Å². The predicted molar refractivity (Wildman–Crippen MR) is 200 cm³/mol. The fourth-order valence-electron chi connectivity index (χ4n) is 5.43. The van der Waals surface area contributed by atoms with Gasteiger partial charge in [0.15, 0.2) is 0 Å². The van der Waals surface area contributed by atoms with Gasteiger partial charge >= 0.3 is 0 Å². The molecule has 6 atom stereocenters. The summed E-state index contributed by atoms with van der Waals surface area (Å²) in [5, 5.41) is 17.6. The van der Waals surface area contributed by atoms with Gasteiger partial charge < -0.3 is 37.2 Å². The van der Waals surface area contributed by atoms with Crippen LogP contribution in [0, 0.1) is 6.92 Å². The molecule has 4 unspecified atom stereocenters. The lowest BCUT2D eigenvalue weighted by Crippen LogP contribution is -2.46. The minimum atomic E-state index is -0.182. The monoisotopic (exact) mass is 627 g/mol. The molecule has 0 spiro atoms. The minimum Gasteiger partial charge on any atom is -0.382 e. The molecule has 7 nitrogen and oxygen atoms in total. The molecule has 252 valence electrons. The lowest BCUT2D eigenvalue weighted by Gasteiger charge is -2.32. The summed E-state index contributed by atoms with van der Waals surface area (Å²) in [4.78, 5) is 2.34. The van der Waals surface area contributed by atoms with Crippen molar-refractivity contribution in [3.05, 3.63) is 134 Å². The Balaban J connectivity index is 2.07. The summed E-state index contributed by atoms with van der Waals surface area (Å²) in [6, 6.07) is 8.46. The van der Waals surface area contributed by atoms with Crippen molar-refractivity contribution in [1.82, 2.24) is 31.5 Å². The van der Waals surface area contributed by atoms with Crippen LogP contribution in [0.4, 0.5) is 0 Å². The summed E-state index contributed by atoms with van der Waals surface area (Å²) in [6.45, 7) is 45.7. The van der Waals surface area contributed by atoms with E-state index in [1.54, 1.807) is 0 Å². The number of likely N-dealkylation sites (tertiary alicyclic amines) is 1. The maximum absolute atomic E-state index is 6.04. The van der Waals surface area contributed by atoms with Crippen LogP contribution < -0.4 is 32.3 Å². The van der Waals surface area contributed by atoms with Gasteiger partial charge in [-0.05, 0) is 65.9 Å². The second-order valence-electron chi connectivity index (χ2n) is 13.0. The molecule has 1 aromatic carbocycles. The van der Waals surface area contributed by atoms with Gasteiger partial charge in [-0.2, -0.15) is 0 Å². The van der Waals surface area contributed by atoms with Crippen LogP contribution in [-0.2, 0) is 6.42 Å². The van der Waals surface area contributed by atoms with Gasteiger partial charge in [0.1, 0.15) is 0 Å². The average molecular weight is 628 g/mol. The van der Waals surface area contributed by atoms with Crippen molar-refractivity contribution in [2.24, 2.45) is 5.73 Å². The van der Waals surface area contributed by atoms with E-state index in [0.29, 0.717) is 19.0 Å². The van der Waals surface area contributed by atoms with E-state index in [1.165, 1.54) is 11.1 Å². The molecule has 0 radical (unpaired) electrons.